The van der Waals surface area contributed by atoms with Crippen molar-refractivity contribution in [2.75, 3.05) is 18.3 Å². The van der Waals surface area contributed by atoms with Crippen molar-refractivity contribution in [1.82, 2.24) is 14.5 Å². The minimum absolute atomic E-state index is 0.00307. The molecule has 0 aliphatic rings. The maximum Gasteiger partial charge on any atom is 0.287 e. The third-order valence-electron chi connectivity index (χ3n) is 3.35. The number of hydrogen-bond donors (Lipinski definition) is 4. The van der Waals surface area contributed by atoms with Crippen molar-refractivity contribution in [3.05, 3.63) is 46.0 Å². The number of nitrogens with two attached hydrogens (primary N) is 2. The average Bonchev–Trinajstić information content (AvgIpc) is 3.16. The quantitative estimate of drug-likeness (QED) is 0.218. The highest BCUT2D eigenvalue weighted by Gasteiger charge is 2.19. The second kappa shape index (κ2) is 8.03. The third-order valence-corrected chi connectivity index (χ3v) is 3.35. The van der Waals surface area contributed by atoms with Crippen molar-refractivity contribution in [1.29, 1.82) is 0 Å². The Balaban J connectivity index is 2.20. The Bertz CT molecular complexity index is 1070. The molecule has 2 heterocycles. The molecule has 2 aromatic rings. The number of carbonyl (C=O) groups excluding carboxylic acids is 2. The molecule has 12 nitrogen and oxygen atoms in total. The van der Waals surface area contributed by atoms with Gasteiger partial charge in [0.2, 0.25) is 0 Å². The van der Waals surface area contributed by atoms with Crippen LogP contribution in [0.1, 0.15) is 26.5 Å². The zero-order chi connectivity index (χ0) is 23.7. The first-order valence-corrected chi connectivity index (χ1v) is 7.36. The summed E-state index contributed by atoms with van der Waals surface area (Å²) < 4.78 is 33.3. The van der Waals surface area contributed by atoms with Gasteiger partial charge in [0.1, 0.15) is 11.4 Å². The molecular formula is C15H20N8O4. The fraction of sp³-hybridized carbons (Fsp3) is 0.267. The van der Waals surface area contributed by atoms with E-state index in [-0.39, 0.29) is 22.8 Å². The molecule has 2 aromatic heterocycles. The second-order valence-electron chi connectivity index (χ2n) is 5.36. The molecule has 2 rings (SSSR count). The topological polar surface area (TPSA) is 176 Å². The van der Waals surface area contributed by atoms with Crippen molar-refractivity contribution in [2.24, 2.45) is 30.6 Å². The van der Waals surface area contributed by atoms with Gasteiger partial charge < -0.3 is 31.2 Å². The van der Waals surface area contributed by atoms with Gasteiger partial charge in [-0.2, -0.15) is 0 Å². The first kappa shape index (κ1) is 14.4. The molecular weight excluding hydrogens is 356 g/mol. The Morgan fingerprint density at radius 2 is 1.85 bits per heavy atom. The van der Waals surface area contributed by atoms with E-state index in [0.29, 0.717) is 0 Å². The Hall–Kier alpha value is -3.83. The molecule has 0 bridgehead atoms. The highest BCUT2D eigenvalue weighted by Crippen LogP contribution is 2.18. The van der Waals surface area contributed by atoms with Crippen LogP contribution < -0.4 is 22.1 Å². The van der Waals surface area contributed by atoms with E-state index < -0.39 is 35.7 Å². The van der Waals surface area contributed by atoms with E-state index in [1.165, 1.54) is 41.7 Å². The molecule has 2 amide bonds. The van der Waals surface area contributed by atoms with Crippen LogP contribution in [0.15, 0.2) is 29.5 Å². The van der Waals surface area contributed by atoms with Crippen molar-refractivity contribution >= 4 is 29.1 Å². The summed E-state index contributed by atoms with van der Waals surface area (Å²) in [6.45, 7) is -5.92. The number of anilines is 1. The van der Waals surface area contributed by atoms with E-state index in [1.807, 2.05) is 5.32 Å². The van der Waals surface area contributed by atoms with E-state index in [2.05, 4.69) is 10.3 Å². The summed E-state index contributed by atoms with van der Waals surface area (Å²) in [5, 5.41) is 15.2. The number of aliphatic imine (C=N–C) groups is 1. The van der Waals surface area contributed by atoms with Crippen LogP contribution in [0.3, 0.4) is 0 Å². The van der Waals surface area contributed by atoms with Crippen LogP contribution >= 0.6 is 0 Å². The standard InChI is InChI=1S/C15H20N8O4/c1-21-7-9(5-11(21)13(24)18-3-4-19-15(16)17)20-14(25)12-6-10(23(26)27)8-22(12)2/h5-8H,3-4H2,1-2H3,(H,18,24)(H,20,25)(H4,16,17,19)/i3D2,4D2. The van der Waals surface area contributed by atoms with Gasteiger partial charge in [-0.3, -0.25) is 24.7 Å². The van der Waals surface area contributed by atoms with E-state index in [9.17, 15) is 19.7 Å². The van der Waals surface area contributed by atoms with Gasteiger partial charge in [-0.1, -0.05) is 0 Å². The fourth-order valence-corrected chi connectivity index (χ4v) is 2.17. The highest BCUT2D eigenvalue weighted by molar-refractivity contribution is 6.04. The number of nitrogens with zero attached hydrogens (tertiary/aromatic N) is 4. The Kier molecular flexibility index (Phi) is 4.27. The zero-order valence-electron chi connectivity index (χ0n) is 18.4. The van der Waals surface area contributed by atoms with Crippen LogP contribution in [-0.4, -0.2) is 44.8 Å². The van der Waals surface area contributed by atoms with Crippen LogP contribution in [0.2, 0.25) is 0 Å². The summed E-state index contributed by atoms with van der Waals surface area (Å²) in [6.07, 6.45) is 2.52. The van der Waals surface area contributed by atoms with Crippen LogP contribution in [0, 0.1) is 10.1 Å². The van der Waals surface area contributed by atoms with Crippen molar-refractivity contribution in [3.63, 3.8) is 0 Å². The number of guanidine groups is 1. The molecule has 0 saturated carbocycles. The summed E-state index contributed by atoms with van der Waals surface area (Å²) in [7, 11) is 2.90. The molecule has 0 aromatic carbocycles. The van der Waals surface area contributed by atoms with Crippen molar-refractivity contribution < 1.29 is 20.0 Å². The zero-order valence-corrected chi connectivity index (χ0v) is 14.4. The first-order valence-electron chi connectivity index (χ1n) is 9.36. The van der Waals surface area contributed by atoms with Gasteiger partial charge in [-0.15, -0.1) is 0 Å². The second-order valence-corrected chi connectivity index (χ2v) is 5.36. The number of carbonyl (C=O) groups is 2. The molecule has 12 heteroatoms. The van der Waals surface area contributed by atoms with Gasteiger partial charge in [0, 0.05) is 32.9 Å². The van der Waals surface area contributed by atoms with Crippen LogP contribution in [0.5, 0.6) is 0 Å². The van der Waals surface area contributed by atoms with Crippen LogP contribution in [-0.2, 0) is 14.1 Å². The maximum atomic E-state index is 12.5. The molecule has 0 fully saturated rings. The summed E-state index contributed by atoms with van der Waals surface area (Å²) in [4.78, 5) is 38.2. The number of aryl methyl sites for hydroxylation is 2. The van der Waals surface area contributed by atoms with E-state index in [4.69, 9.17) is 17.0 Å². The minimum atomic E-state index is -2.97. The number of rotatable bonds is 7. The lowest BCUT2D eigenvalue weighted by atomic mass is 10.3. The van der Waals surface area contributed by atoms with Crippen molar-refractivity contribution in [3.8, 4) is 0 Å². The van der Waals surface area contributed by atoms with Gasteiger partial charge in [0.25, 0.3) is 17.5 Å². The molecule has 27 heavy (non-hydrogen) atoms. The van der Waals surface area contributed by atoms with Crippen LogP contribution in [0.4, 0.5) is 11.4 Å². The fourth-order valence-electron chi connectivity index (χ4n) is 2.17. The Morgan fingerprint density at radius 1 is 1.22 bits per heavy atom. The van der Waals surface area contributed by atoms with Gasteiger partial charge >= 0.3 is 0 Å². The number of hydrogen-bond acceptors (Lipinski definition) is 5. The first-order chi connectivity index (χ1) is 14.1. The predicted molar refractivity (Wildman–Crippen MR) is 98.4 cm³/mol. The number of nitrogens with one attached hydrogen (secondary N) is 2. The smallest absolute Gasteiger partial charge is 0.287 e. The normalized spacial score (nSPS) is 13.6. The molecule has 0 radical (unpaired) electrons. The van der Waals surface area contributed by atoms with Crippen LogP contribution in [0.25, 0.3) is 0 Å². The monoisotopic (exact) mass is 380 g/mol. The predicted octanol–water partition coefficient (Wildman–Crippen LogP) is -0.473. The van der Waals surface area contributed by atoms with E-state index in [0.717, 1.165) is 6.07 Å². The van der Waals surface area contributed by atoms with Gasteiger partial charge in [-0.05, 0) is 6.07 Å². The minimum Gasteiger partial charge on any atom is -0.370 e. The Morgan fingerprint density at radius 3 is 2.44 bits per heavy atom. The van der Waals surface area contributed by atoms with E-state index >= 15 is 0 Å². The van der Waals surface area contributed by atoms with Gasteiger partial charge in [0.05, 0.1) is 28.8 Å². The third kappa shape index (κ3) is 4.84. The summed E-state index contributed by atoms with van der Waals surface area (Å²) in [6, 6.07) is 2.31. The maximum absolute atomic E-state index is 12.5. The van der Waals surface area contributed by atoms with Gasteiger partial charge in [0.15, 0.2) is 5.96 Å². The molecule has 0 atom stereocenters. The summed E-state index contributed by atoms with van der Waals surface area (Å²) >= 11 is 0. The lowest BCUT2D eigenvalue weighted by molar-refractivity contribution is -0.384. The number of aromatic nitrogens is 2. The molecule has 0 unspecified atom stereocenters. The molecule has 0 spiro atoms. The Labute approximate surface area is 159 Å². The molecule has 0 aliphatic carbocycles. The lowest BCUT2D eigenvalue weighted by Crippen LogP contribution is -2.29. The summed E-state index contributed by atoms with van der Waals surface area (Å²) in [5.74, 6) is -2.38. The number of amides is 2. The molecule has 0 aliphatic heterocycles. The number of nitro groups is 1. The average molecular weight is 380 g/mol. The lowest BCUT2D eigenvalue weighted by Gasteiger charge is -2.04. The SMILES string of the molecule is [2H]C([2H])(N=C(N)N)C([2H])([2H])NC(=O)c1cc(NC(=O)c2cc([N+](=O)[O-])cn2C)cn1C. The molecule has 0 saturated heterocycles. The van der Waals surface area contributed by atoms with Gasteiger partial charge in [-0.25, -0.2) is 0 Å². The highest BCUT2D eigenvalue weighted by atomic mass is 16.6. The molecule has 144 valence electrons. The molecule has 6 N–H and O–H groups in total. The summed E-state index contributed by atoms with van der Waals surface area (Å²) in [5.41, 5.74) is 9.96. The largest absolute Gasteiger partial charge is 0.370 e. The van der Waals surface area contributed by atoms with Crippen molar-refractivity contribution in [2.45, 2.75) is 0 Å². The van der Waals surface area contributed by atoms with E-state index in [1.54, 1.807) is 0 Å².